The molecule has 0 N–H and O–H groups in total. The molecule has 0 fully saturated rings. The minimum absolute atomic E-state index is 0. The van der Waals surface area contributed by atoms with Crippen LogP contribution in [0.3, 0.4) is 0 Å². The van der Waals surface area contributed by atoms with Gasteiger partial charge in [0.2, 0.25) is 0 Å². The van der Waals surface area contributed by atoms with Crippen LogP contribution in [0.5, 0.6) is 5.75 Å². The van der Waals surface area contributed by atoms with Crippen molar-refractivity contribution in [3.8, 4) is 5.75 Å². The van der Waals surface area contributed by atoms with Crippen LogP contribution < -0.4 is 3.32 Å². The van der Waals surface area contributed by atoms with E-state index in [1.165, 1.54) is 27.9 Å². The first kappa shape index (κ1) is 19.8. The van der Waals surface area contributed by atoms with Gasteiger partial charge < -0.3 is 0 Å². The Morgan fingerprint density at radius 3 is 1.95 bits per heavy atom. The summed E-state index contributed by atoms with van der Waals surface area (Å²) in [6, 6.07) is 8.30. The Balaban J connectivity index is 0.00000180. The molecule has 0 radical (unpaired) electrons. The summed E-state index contributed by atoms with van der Waals surface area (Å²) >= 11 is 1.74. The molecule has 0 unspecified atom stereocenters. The second-order valence-electron chi connectivity index (χ2n) is 5.47. The molecule has 20 heavy (non-hydrogen) atoms. The molecular weight excluding hydrogens is 327 g/mol. The fourth-order valence-corrected chi connectivity index (χ4v) is 3.17. The molecule has 0 atom stereocenters. The average molecular weight is 348 g/mol. The molecule has 0 spiro atoms. The fraction of sp³-hybridized carbons (Fsp3) is 0.375. The topological polar surface area (TPSA) is 9.23 Å². The second kappa shape index (κ2) is 7.18. The van der Waals surface area contributed by atoms with Crippen molar-refractivity contribution in [3.63, 3.8) is 0 Å². The van der Waals surface area contributed by atoms with E-state index in [9.17, 15) is 0 Å². The predicted molar refractivity (Wildman–Crippen MR) is 86.3 cm³/mol. The quantitative estimate of drug-likeness (QED) is 0.640. The van der Waals surface area contributed by atoms with Gasteiger partial charge in [0.05, 0.1) is 0 Å². The van der Waals surface area contributed by atoms with Crippen molar-refractivity contribution in [2.45, 2.75) is 34.6 Å². The zero-order valence-corrected chi connectivity index (χ0v) is 15.7. The van der Waals surface area contributed by atoms with E-state index in [1.54, 1.807) is 20.8 Å². The summed E-state index contributed by atoms with van der Waals surface area (Å²) in [4.78, 5) is 0. The number of hydrogen-bond donors (Lipinski definition) is 0. The summed E-state index contributed by atoms with van der Waals surface area (Å²) in [5.41, 5.74) is 6.97. The van der Waals surface area contributed by atoms with Crippen molar-refractivity contribution >= 4 is 30.4 Å². The van der Waals surface area contributed by atoms with Gasteiger partial charge in [-0.25, -0.2) is 0 Å². The molecule has 0 aliphatic heterocycles. The maximum absolute atomic E-state index is 5.52. The van der Waals surface area contributed by atoms with Crippen molar-refractivity contribution in [1.29, 1.82) is 0 Å². The van der Waals surface area contributed by atoms with E-state index in [1.807, 2.05) is 12.1 Å². The van der Waals surface area contributed by atoms with Gasteiger partial charge in [-0.1, -0.05) is 0 Å². The Morgan fingerprint density at radius 2 is 1.50 bits per heavy atom. The fourth-order valence-electron chi connectivity index (χ4n) is 2.89. The van der Waals surface area contributed by atoms with E-state index in [0.717, 1.165) is 5.75 Å². The normalized spacial score (nSPS) is 16.6. The van der Waals surface area contributed by atoms with Crippen LogP contribution >= 0.6 is 24.8 Å². The zero-order valence-electron chi connectivity index (χ0n) is 12.5. The van der Waals surface area contributed by atoms with Crippen molar-refractivity contribution in [3.05, 3.63) is 46.5 Å². The molecule has 1 aromatic carbocycles. The summed E-state index contributed by atoms with van der Waals surface area (Å²) in [6.45, 7) is 11.3. The second-order valence-corrected chi connectivity index (χ2v) is 5.79. The third-order valence-corrected chi connectivity index (χ3v) is 4.67. The average Bonchev–Trinajstić information content (AvgIpc) is 2.50. The number of allylic oxidation sites excluding steroid dienone is 4. The maximum Gasteiger partial charge on any atom is -0.147 e. The van der Waals surface area contributed by atoms with Gasteiger partial charge in [0.25, 0.3) is 0 Å². The molecular formula is C16H21Cl2OTi. The molecule has 109 valence electrons. The van der Waals surface area contributed by atoms with Crippen LogP contribution in [-0.2, 0) is 20.8 Å². The minimum atomic E-state index is 0. The first-order valence-corrected chi connectivity index (χ1v) is 6.87. The molecule has 0 saturated heterocycles. The molecule has 1 aromatic rings. The van der Waals surface area contributed by atoms with Crippen LogP contribution in [0.25, 0.3) is 5.57 Å². The van der Waals surface area contributed by atoms with Crippen LogP contribution in [0.4, 0.5) is 0 Å². The summed E-state index contributed by atoms with van der Waals surface area (Å²) in [5, 5.41) is 0. The third kappa shape index (κ3) is 3.02. The van der Waals surface area contributed by atoms with Crippen molar-refractivity contribution < 1.29 is 24.1 Å². The summed E-state index contributed by atoms with van der Waals surface area (Å²) < 4.78 is 5.52. The van der Waals surface area contributed by atoms with Gasteiger partial charge in [-0.15, -0.1) is 24.8 Å². The van der Waals surface area contributed by atoms with Crippen molar-refractivity contribution in [1.82, 2.24) is 0 Å². The number of para-hydroxylation sites is 1. The largest absolute Gasteiger partial charge is 0.147 e. The smallest absolute Gasteiger partial charge is 0.147 e. The first-order valence-electron chi connectivity index (χ1n) is 6.24. The van der Waals surface area contributed by atoms with Crippen LogP contribution in [0.15, 0.2) is 41.0 Å². The molecule has 2 rings (SSSR count). The Labute approximate surface area is 146 Å². The molecule has 4 heteroatoms. The molecule has 1 aliphatic rings. The van der Waals surface area contributed by atoms with E-state index in [2.05, 4.69) is 46.8 Å². The summed E-state index contributed by atoms with van der Waals surface area (Å²) in [7, 11) is 0. The Bertz CT molecular complexity index is 559. The SMILES string of the molecule is CC1=C(C)C(C)(C)C(c2ccccc2[O][Ti])=C1C.Cl.Cl. The van der Waals surface area contributed by atoms with E-state index in [0.29, 0.717) is 0 Å². The van der Waals surface area contributed by atoms with Gasteiger partial charge >= 0.3 is 122 Å². The van der Waals surface area contributed by atoms with Crippen LogP contribution in [0, 0.1) is 5.41 Å². The molecule has 0 bridgehead atoms. The maximum atomic E-state index is 5.52. The molecule has 0 heterocycles. The van der Waals surface area contributed by atoms with Gasteiger partial charge in [0, 0.05) is 0 Å². The van der Waals surface area contributed by atoms with E-state index >= 15 is 0 Å². The molecule has 1 nitrogen and oxygen atoms in total. The number of hydrogen-bond acceptors (Lipinski definition) is 1. The first-order chi connectivity index (χ1) is 8.41. The Kier molecular flexibility index (Phi) is 7.10. The van der Waals surface area contributed by atoms with E-state index in [4.69, 9.17) is 3.32 Å². The Morgan fingerprint density at radius 1 is 0.950 bits per heavy atom. The van der Waals surface area contributed by atoms with E-state index < -0.39 is 0 Å². The third-order valence-electron chi connectivity index (χ3n) is 4.33. The van der Waals surface area contributed by atoms with Gasteiger partial charge in [0.1, 0.15) is 0 Å². The molecule has 0 saturated carbocycles. The predicted octanol–water partition coefficient (Wildman–Crippen LogP) is 5.52. The van der Waals surface area contributed by atoms with Crippen molar-refractivity contribution in [2.75, 3.05) is 0 Å². The van der Waals surface area contributed by atoms with Gasteiger partial charge in [-0.05, 0) is 0 Å². The monoisotopic (exact) mass is 347 g/mol. The van der Waals surface area contributed by atoms with Gasteiger partial charge in [-0.3, -0.25) is 0 Å². The van der Waals surface area contributed by atoms with E-state index in [-0.39, 0.29) is 30.2 Å². The van der Waals surface area contributed by atoms with Crippen molar-refractivity contribution in [2.24, 2.45) is 5.41 Å². The Hall–Kier alpha value is -0.206. The number of rotatable bonds is 2. The molecule has 1 aliphatic carbocycles. The zero-order chi connectivity index (χ0) is 13.5. The number of benzene rings is 1. The van der Waals surface area contributed by atoms with Crippen LogP contribution in [0.1, 0.15) is 40.2 Å². The minimum Gasteiger partial charge on any atom is -0.147 e. The standard InChI is InChI=1S/C16H20O.2ClH.Ti/c1-10-11(2)15(16(4,5)12(10)3)13-8-6-7-9-14(13)17;;;/h6-9,17H,1-5H3;2*1H;/q;;;+1/p-1. The summed E-state index contributed by atoms with van der Waals surface area (Å²) in [5.74, 6) is 0.961. The molecule has 0 amide bonds. The van der Waals surface area contributed by atoms with Gasteiger partial charge in [-0.2, -0.15) is 0 Å². The molecule has 0 aromatic heterocycles. The van der Waals surface area contributed by atoms with Gasteiger partial charge in [0.15, 0.2) is 0 Å². The van der Waals surface area contributed by atoms with Crippen LogP contribution in [-0.4, -0.2) is 0 Å². The van der Waals surface area contributed by atoms with Crippen LogP contribution in [0.2, 0.25) is 0 Å². The summed E-state index contributed by atoms with van der Waals surface area (Å²) in [6.07, 6.45) is 0. The number of halogens is 2.